The summed E-state index contributed by atoms with van der Waals surface area (Å²) in [5, 5.41) is 8.31. The van der Waals surface area contributed by atoms with E-state index in [4.69, 9.17) is 14.0 Å². The van der Waals surface area contributed by atoms with Gasteiger partial charge in [-0.15, -0.1) is 0 Å². The quantitative estimate of drug-likeness (QED) is 0.0461. The van der Waals surface area contributed by atoms with Gasteiger partial charge in [0.2, 0.25) is 0 Å². The third kappa shape index (κ3) is 7.49. The number of aromatic hydroxyl groups is 1. The van der Waals surface area contributed by atoms with Gasteiger partial charge < -0.3 is 0 Å². The molecule has 0 radical (unpaired) electrons. The first-order valence-electron chi connectivity index (χ1n) is 19.9. The summed E-state index contributed by atoms with van der Waals surface area (Å²) in [5.74, 6) is -46.7. The minimum absolute atomic E-state index is 0.0534. The zero-order valence-corrected chi connectivity index (χ0v) is 37.2. The fourth-order valence-electron chi connectivity index (χ4n) is 8.87. The average molecular weight is 999 g/mol. The summed E-state index contributed by atoms with van der Waals surface area (Å²) in [4.78, 5) is 0. The molecule has 21 heteroatoms. The summed E-state index contributed by atoms with van der Waals surface area (Å²) >= 11 is 0. The van der Waals surface area contributed by atoms with Crippen LogP contribution in [0.15, 0.2) is 72.8 Å². The van der Waals surface area contributed by atoms with Crippen molar-refractivity contribution in [1.82, 2.24) is 0 Å². The molecule has 0 atom stereocenters. The number of phenolic OH excluding ortho intramolecular Hbond substituents is 1. The van der Waals surface area contributed by atoms with Crippen molar-refractivity contribution in [3.63, 3.8) is 0 Å². The van der Waals surface area contributed by atoms with Crippen molar-refractivity contribution in [2.45, 2.75) is 41.5 Å². The van der Waals surface area contributed by atoms with Crippen molar-refractivity contribution < 1.29 is 84.9 Å². The molecule has 0 heterocycles. The van der Waals surface area contributed by atoms with Crippen LogP contribution in [0.2, 0.25) is 0 Å². The summed E-state index contributed by atoms with van der Waals surface area (Å²) in [7, 11) is -3.52. The summed E-state index contributed by atoms with van der Waals surface area (Å²) < 4.78 is 248. The number of rotatable bonds is 11. The molecular weight excluding hydrogens is 967 g/mol. The van der Waals surface area contributed by atoms with E-state index >= 15 is 39.5 Å². The maximum absolute atomic E-state index is 17.8. The topological polar surface area (TPSA) is 47.9 Å². The van der Waals surface area contributed by atoms with Crippen LogP contribution in [0.5, 0.6) is 23.0 Å². The Bertz CT molecular complexity index is 3010. The van der Waals surface area contributed by atoms with E-state index in [1.54, 1.807) is 20.8 Å². The molecule has 7 rings (SSSR count). The minimum atomic E-state index is -6.53. The number of halogens is 15. The van der Waals surface area contributed by atoms with Gasteiger partial charge in [-0.1, -0.05) is 0 Å². The van der Waals surface area contributed by atoms with Crippen LogP contribution in [-0.4, -0.2) is 12.4 Å². The van der Waals surface area contributed by atoms with Crippen molar-refractivity contribution in [2.75, 3.05) is 0 Å². The Balaban J connectivity index is 1.78. The number of phenols is 1. The molecule has 0 unspecified atom stereocenters. The van der Waals surface area contributed by atoms with Crippen molar-refractivity contribution in [3.05, 3.63) is 193 Å². The zero-order chi connectivity index (χ0) is 51.0. The Morgan fingerprint density at radius 2 is 0.652 bits per heavy atom. The molecule has 4 nitrogen and oxygen atoms in total. The fraction of sp³-hybridized carbons (Fsp3) is 0.125. The second kappa shape index (κ2) is 17.9. The number of hydrogen-bond acceptors (Lipinski definition) is 4. The molecule has 0 fully saturated rings. The zero-order valence-electron chi connectivity index (χ0n) is 36.3. The van der Waals surface area contributed by atoms with Crippen LogP contribution in [0.3, 0.4) is 0 Å². The SMILES string of the molecule is Cc1ccc(P(c2ccc(C)cc2C)(c2ccc(C)cc2C)(c2cc(O)ccc2OB(Oc2c(F)c(F)c(F)c(F)c2F)Oc2c(F)c(F)c(F)c(F)c2F)c2c(F)c(F)c(F)c(F)c2F)c(C)c1. The summed E-state index contributed by atoms with van der Waals surface area (Å²) in [5.41, 5.74) is 1.55. The molecule has 0 aliphatic rings. The monoisotopic (exact) mass is 998 g/mol. The predicted molar refractivity (Wildman–Crippen MR) is 227 cm³/mol. The van der Waals surface area contributed by atoms with Gasteiger partial charge in [0.05, 0.1) is 0 Å². The van der Waals surface area contributed by atoms with Crippen LogP contribution < -0.4 is 40.5 Å². The first kappa shape index (κ1) is 50.1. The normalized spacial score (nSPS) is 12.2. The Kier molecular flexibility index (Phi) is 13.0. The van der Waals surface area contributed by atoms with Gasteiger partial charge in [-0.3, -0.25) is 0 Å². The number of benzene rings is 7. The molecule has 0 amide bonds. The van der Waals surface area contributed by atoms with Gasteiger partial charge in [0.1, 0.15) is 0 Å². The molecule has 1 N–H and O–H groups in total. The predicted octanol–water partition coefficient (Wildman–Crippen LogP) is 11.3. The maximum atomic E-state index is 17.8. The Morgan fingerprint density at radius 1 is 0.348 bits per heavy atom. The molecule has 7 aromatic rings. The van der Waals surface area contributed by atoms with E-state index in [0.717, 1.165) is 6.07 Å². The molecule has 0 saturated heterocycles. The van der Waals surface area contributed by atoms with E-state index in [2.05, 4.69) is 0 Å². The van der Waals surface area contributed by atoms with Crippen LogP contribution in [-0.2, 0) is 0 Å². The van der Waals surface area contributed by atoms with Gasteiger partial charge in [0, 0.05) is 0 Å². The Labute approximate surface area is 382 Å². The molecule has 0 aromatic heterocycles. The average Bonchev–Trinajstić information content (AvgIpc) is 3.30. The van der Waals surface area contributed by atoms with Gasteiger partial charge in [-0.05, 0) is 0 Å². The number of hydrogen-bond donors (Lipinski definition) is 1. The van der Waals surface area contributed by atoms with Crippen molar-refractivity contribution in [2.24, 2.45) is 0 Å². The third-order valence-corrected chi connectivity index (χ3v) is 18.5. The molecular formula is C48H31BF15O4P. The van der Waals surface area contributed by atoms with Gasteiger partial charge in [0.25, 0.3) is 0 Å². The molecule has 0 spiro atoms. The summed E-state index contributed by atoms with van der Waals surface area (Å²) in [6.07, 6.45) is 0. The van der Waals surface area contributed by atoms with Crippen LogP contribution in [0.1, 0.15) is 33.4 Å². The molecule has 360 valence electrons. The molecule has 7 aromatic carbocycles. The van der Waals surface area contributed by atoms with E-state index in [-0.39, 0.29) is 32.6 Å². The van der Waals surface area contributed by atoms with Crippen LogP contribution in [0, 0.1) is 129 Å². The van der Waals surface area contributed by atoms with Crippen molar-refractivity contribution in [3.8, 4) is 23.0 Å². The van der Waals surface area contributed by atoms with E-state index in [1.165, 1.54) is 75.4 Å². The van der Waals surface area contributed by atoms with E-state index in [1.807, 2.05) is 0 Å². The Hall–Kier alpha value is -6.82. The Morgan fingerprint density at radius 3 is 0.971 bits per heavy atom. The molecule has 0 bridgehead atoms. The summed E-state index contributed by atoms with van der Waals surface area (Å²) in [6.45, 7) is 2.40. The first-order chi connectivity index (χ1) is 32.3. The standard InChI is InChI=1S/C48H31BF15O4P/c1-19-7-12-27(22(4)15-19)69(28-13-8-20(2)16-23(28)5,29-14-9-21(3)17-24(29)6,48-44(63)38(57)33(52)39(58)45(48)64)30-18-25(65)10-11-26(30)66-49(67-46-40(59)34(53)31(50)35(54)41(46)60)68-47-42(61)36(55)32(51)37(56)43(47)62/h7-18,65H,1-6H3. The molecule has 0 aliphatic heterocycles. The van der Waals surface area contributed by atoms with Gasteiger partial charge in [-0.2, -0.15) is 0 Å². The van der Waals surface area contributed by atoms with E-state index < -0.39 is 135 Å². The fourth-order valence-corrected chi connectivity index (χ4v) is 16.8. The third-order valence-electron chi connectivity index (χ3n) is 11.6. The van der Waals surface area contributed by atoms with Crippen LogP contribution >= 0.6 is 6.60 Å². The molecule has 0 aliphatic carbocycles. The second-order valence-corrected chi connectivity index (χ2v) is 20.6. The van der Waals surface area contributed by atoms with E-state index in [0.29, 0.717) is 28.8 Å². The van der Waals surface area contributed by atoms with Crippen LogP contribution in [0.4, 0.5) is 65.9 Å². The first-order valence-corrected chi connectivity index (χ1v) is 22.2. The van der Waals surface area contributed by atoms with Crippen molar-refractivity contribution >= 4 is 40.4 Å². The van der Waals surface area contributed by atoms with Gasteiger partial charge >= 0.3 is 383 Å². The van der Waals surface area contributed by atoms with Gasteiger partial charge in [0.15, 0.2) is 0 Å². The molecule has 0 saturated carbocycles. The van der Waals surface area contributed by atoms with Crippen LogP contribution in [0.25, 0.3) is 0 Å². The van der Waals surface area contributed by atoms with Gasteiger partial charge in [-0.25, -0.2) is 0 Å². The van der Waals surface area contributed by atoms with Crippen molar-refractivity contribution in [1.29, 1.82) is 0 Å². The number of aryl methyl sites for hydroxylation is 6. The molecule has 69 heavy (non-hydrogen) atoms. The second-order valence-electron chi connectivity index (χ2n) is 16.0. The summed E-state index contributed by atoms with van der Waals surface area (Å²) in [6, 6.07) is 14.5. The van der Waals surface area contributed by atoms with E-state index in [9.17, 15) is 31.4 Å².